The van der Waals surface area contributed by atoms with Gasteiger partial charge in [-0.05, 0) is 42.5 Å². The highest BCUT2D eigenvalue weighted by molar-refractivity contribution is 5.93. The summed E-state index contributed by atoms with van der Waals surface area (Å²) in [5.74, 6) is 1.52. The van der Waals surface area contributed by atoms with E-state index in [2.05, 4.69) is 51.3 Å². The normalized spacial score (nSPS) is 15.6. The van der Waals surface area contributed by atoms with Crippen LogP contribution in [0.1, 0.15) is 28.8 Å². The van der Waals surface area contributed by atoms with Gasteiger partial charge in [0.05, 0.1) is 5.52 Å². The van der Waals surface area contributed by atoms with Gasteiger partial charge in [-0.3, -0.25) is 4.79 Å². The molecule has 2 aromatic carbocycles. The van der Waals surface area contributed by atoms with Gasteiger partial charge in [0.15, 0.2) is 0 Å². The average molecular weight is 343 g/mol. The van der Waals surface area contributed by atoms with Gasteiger partial charge >= 0.3 is 0 Å². The Labute approximate surface area is 153 Å². The lowest BCUT2D eigenvalue weighted by Gasteiger charge is -2.32. The highest BCUT2D eigenvalue weighted by Gasteiger charge is 2.20. The van der Waals surface area contributed by atoms with Gasteiger partial charge in [0.25, 0.3) is 0 Å². The van der Waals surface area contributed by atoms with Crippen molar-refractivity contribution in [3.63, 3.8) is 0 Å². The molecule has 1 aliphatic rings. The number of rotatable bonds is 4. The molecule has 2 heterocycles. The van der Waals surface area contributed by atoms with E-state index in [4.69, 9.17) is 0 Å². The molecule has 1 fully saturated rings. The Morgan fingerprint density at radius 3 is 2.54 bits per heavy atom. The van der Waals surface area contributed by atoms with Crippen LogP contribution in [0, 0.1) is 5.92 Å². The Morgan fingerprint density at radius 1 is 0.962 bits per heavy atom. The van der Waals surface area contributed by atoms with Crippen LogP contribution in [0.15, 0.2) is 60.9 Å². The number of piperidine rings is 1. The first-order chi connectivity index (χ1) is 12.8. The molecule has 26 heavy (non-hydrogen) atoms. The summed E-state index contributed by atoms with van der Waals surface area (Å²) in [7, 11) is 0. The van der Waals surface area contributed by atoms with Crippen LogP contribution in [-0.2, 0) is 0 Å². The predicted molar refractivity (Wildman–Crippen MR) is 105 cm³/mol. The van der Waals surface area contributed by atoms with Gasteiger partial charge in [-0.2, -0.15) is 0 Å². The van der Waals surface area contributed by atoms with Crippen LogP contribution in [-0.4, -0.2) is 29.3 Å². The number of carbonyl (C=O) groups excluding carboxylic acids is 1. The van der Waals surface area contributed by atoms with Gasteiger partial charge in [-0.25, -0.2) is 9.97 Å². The molecule has 0 radical (unpaired) electrons. The fraction of sp³-hybridized carbons (Fsp3) is 0.227. The molecule has 0 amide bonds. The number of benzene rings is 2. The second-order valence-electron chi connectivity index (χ2n) is 6.69. The highest BCUT2D eigenvalue weighted by atomic mass is 16.1. The molecule has 0 aliphatic carbocycles. The topological polar surface area (TPSA) is 46.1 Å². The lowest BCUT2D eigenvalue weighted by atomic mass is 9.95. The number of fused-ring (bicyclic) bond motifs is 1. The maximum Gasteiger partial charge on any atom is 0.150 e. The van der Waals surface area contributed by atoms with Crippen molar-refractivity contribution in [2.75, 3.05) is 18.0 Å². The number of hydrogen-bond donors (Lipinski definition) is 0. The van der Waals surface area contributed by atoms with Crippen LogP contribution in [0.25, 0.3) is 17.0 Å². The molecule has 4 heteroatoms. The molecular weight excluding hydrogens is 322 g/mol. The summed E-state index contributed by atoms with van der Waals surface area (Å²) < 4.78 is 0. The molecule has 0 saturated carbocycles. The average Bonchev–Trinajstić information content (AvgIpc) is 2.72. The minimum atomic E-state index is 0.588. The quantitative estimate of drug-likeness (QED) is 0.660. The molecule has 1 aromatic heterocycles. The standard InChI is InChI=1S/C22H21N3O/c26-15-19-8-9-21-20(14-19)22(24-16-23-21)25-12-10-18(11-13-25)7-6-17-4-2-1-3-5-17/h1-9,14-16,18H,10-13H2. The van der Waals surface area contributed by atoms with E-state index in [-0.39, 0.29) is 0 Å². The van der Waals surface area contributed by atoms with Crippen molar-refractivity contribution in [1.82, 2.24) is 9.97 Å². The van der Waals surface area contributed by atoms with E-state index in [1.165, 1.54) is 5.56 Å². The Hall–Kier alpha value is -3.01. The van der Waals surface area contributed by atoms with Crippen molar-refractivity contribution in [2.24, 2.45) is 5.92 Å². The number of hydrogen-bond acceptors (Lipinski definition) is 4. The van der Waals surface area contributed by atoms with E-state index in [0.29, 0.717) is 11.5 Å². The SMILES string of the molecule is O=Cc1ccc2ncnc(N3CCC(C=Cc4ccccc4)CC3)c2c1. The Morgan fingerprint density at radius 2 is 1.77 bits per heavy atom. The van der Waals surface area contributed by atoms with Crippen LogP contribution in [0.5, 0.6) is 0 Å². The van der Waals surface area contributed by atoms with Crippen molar-refractivity contribution < 1.29 is 4.79 Å². The fourth-order valence-electron chi connectivity index (χ4n) is 3.50. The summed E-state index contributed by atoms with van der Waals surface area (Å²) in [6, 6.07) is 16.0. The molecule has 0 N–H and O–H groups in total. The lowest BCUT2D eigenvalue weighted by molar-refractivity contribution is 0.112. The van der Waals surface area contributed by atoms with Gasteiger partial charge in [-0.1, -0.05) is 42.5 Å². The molecule has 0 unspecified atom stereocenters. The van der Waals surface area contributed by atoms with Crippen molar-refractivity contribution in [1.29, 1.82) is 0 Å². The molecular formula is C22H21N3O. The summed E-state index contributed by atoms with van der Waals surface area (Å²) >= 11 is 0. The number of nitrogens with zero attached hydrogens (tertiary/aromatic N) is 3. The van der Waals surface area contributed by atoms with Crippen LogP contribution >= 0.6 is 0 Å². The first-order valence-corrected chi connectivity index (χ1v) is 9.01. The molecule has 4 rings (SSSR count). The first kappa shape index (κ1) is 16.5. The van der Waals surface area contributed by atoms with Gasteiger partial charge in [0.2, 0.25) is 0 Å². The number of anilines is 1. The molecule has 1 aliphatic heterocycles. The maximum absolute atomic E-state index is 11.1. The van der Waals surface area contributed by atoms with E-state index < -0.39 is 0 Å². The van der Waals surface area contributed by atoms with E-state index in [0.717, 1.165) is 48.9 Å². The monoisotopic (exact) mass is 343 g/mol. The summed E-state index contributed by atoms with van der Waals surface area (Å²) in [6.07, 6.45) is 9.23. The van der Waals surface area contributed by atoms with E-state index in [1.807, 2.05) is 18.2 Å². The summed E-state index contributed by atoms with van der Waals surface area (Å²) in [5.41, 5.74) is 2.79. The third-order valence-corrected chi connectivity index (χ3v) is 4.97. The molecule has 130 valence electrons. The van der Waals surface area contributed by atoms with Crippen LogP contribution in [0.2, 0.25) is 0 Å². The van der Waals surface area contributed by atoms with Crippen LogP contribution in [0.3, 0.4) is 0 Å². The maximum atomic E-state index is 11.1. The smallest absolute Gasteiger partial charge is 0.150 e. The molecule has 1 saturated heterocycles. The zero-order chi connectivity index (χ0) is 17.8. The van der Waals surface area contributed by atoms with Gasteiger partial charge in [-0.15, -0.1) is 0 Å². The van der Waals surface area contributed by atoms with Crippen molar-refractivity contribution in [3.8, 4) is 0 Å². The predicted octanol–water partition coefficient (Wildman–Crippen LogP) is 4.37. The third-order valence-electron chi connectivity index (χ3n) is 4.97. The number of allylic oxidation sites excluding steroid dienone is 1. The molecule has 0 spiro atoms. The van der Waals surface area contributed by atoms with E-state index in [9.17, 15) is 4.79 Å². The van der Waals surface area contributed by atoms with Crippen LogP contribution in [0.4, 0.5) is 5.82 Å². The second kappa shape index (κ2) is 7.48. The van der Waals surface area contributed by atoms with E-state index in [1.54, 1.807) is 12.4 Å². The van der Waals surface area contributed by atoms with Gasteiger partial charge < -0.3 is 4.90 Å². The third kappa shape index (κ3) is 3.49. The van der Waals surface area contributed by atoms with Crippen molar-refractivity contribution in [3.05, 3.63) is 72.1 Å². The summed E-state index contributed by atoms with van der Waals surface area (Å²) in [4.78, 5) is 22.2. The van der Waals surface area contributed by atoms with Crippen molar-refractivity contribution in [2.45, 2.75) is 12.8 Å². The molecule has 4 nitrogen and oxygen atoms in total. The molecule has 0 atom stereocenters. The first-order valence-electron chi connectivity index (χ1n) is 9.01. The van der Waals surface area contributed by atoms with Gasteiger partial charge in [0, 0.05) is 24.0 Å². The Kier molecular flexibility index (Phi) is 4.73. The highest BCUT2D eigenvalue weighted by Crippen LogP contribution is 2.28. The Balaban J connectivity index is 1.49. The largest absolute Gasteiger partial charge is 0.356 e. The minimum absolute atomic E-state index is 0.588. The van der Waals surface area contributed by atoms with E-state index >= 15 is 0 Å². The number of aldehydes is 1. The van der Waals surface area contributed by atoms with Gasteiger partial charge in [0.1, 0.15) is 18.4 Å². The lowest BCUT2D eigenvalue weighted by Crippen LogP contribution is -2.33. The summed E-state index contributed by atoms with van der Waals surface area (Å²) in [5, 5.41) is 0.954. The number of aromatic nitrogens is 2. The summed E-state index contributed by atoms with van der Waals surface area (Å²) in [6.45, 7) is 1.92. The minimum Gasteiger partial charge on any atom is -0.356 e. The fourth-order valence-corrected chi connectivity index (χ4v) is 3.50. The second-order valence-corrected chi connectivity index (χ2v) is 6.69. The zero-order valence-electron chi connectivity index (χ0n) is 14.6. The van der Waals surface area contributed by atoms with Crippen molar-refractivity contribution >= 4 is 29.1 Å². The zero-order valence-corrected chi connectivity index (χ0v) is 14.6. The van der Waals surface area contributed by atoms with Crippen LogP contribution < -0.4 is 4.90 Å². The molecule has 3 aromatic rings. The molecule has 0 bridgehead atoms. The Bertz CT molecular complexity index is 929. The number of carbonyl (C=O) groups is 1.